The summed E-state index contributed by atoms with van der Waals surface area (Å²) in [6.07, 6.45) is 0.978. The number of hydrogen-bond acceptors (Lipinski definition) is 3. The van der Waals surface area contributed by atoms with E-state index in [4.69, 9.17) is 4.74 Å². The Bertz CT molecular complexity index is 927. The van der Waals surface area contributed by atoms with Gasteiger partial charge in [-0.25, -0.2) is 13.6 Å². The van der Waals surface area contributed by atoms with E-state index in [1.54, 1.807) is 0 Å². The van der Waals surface area contributed by atoms with Crippen molar-refractivity contribution in [3.05, 3.63) is 71.3 Å². The molecule has 0 fully saturated rings. The first-order chi connectivity index (χ1) is 15.9. The van der Waals surface area contributed by atoms with Crippen LogP contribution in [0, 0.1) is 34.8 Å². The molecule has 2 rings (SSSR count). The minimum atomic E-state index is -0.526. The molecule has 186 valence electrons. The van der Waals surface area contributed by atoms with E-state index in [9.17, 15) is 18.4 Å². The molecule has 1 atom stereocenters. The van der Waals surface area contributed by atoms with Crippen LogP contribution in [0.25, 0.3) is 0 Å². The first-order valence-electron chi connectivity index (χ1n) is 11.9. The van der Waals surface area contributed by atoms with Gasteiger partial charge in [0, 0.05) is 17.5 Å². The molecule has 0 aliphatic carbocycles. The zero-order chi connectivity index (χ0) is 25.5. The van der Waals surface area contributed by atoms with E-state index >= 15 is 0 Å². The Labute approximate surface area is 202 Å². The number of nitrogens with one attached hydrogen (secondary N) is 1. The maximum atomic E-state index is 13.3. The van der Waals surface area contributed by atoms with E-state index in [2.05, 4.69) is 33.0 Å². The summed E-state index contributed by atoms with van der Waals surface area (Å²) < 4.78 is 32.7. The molecule has 0 aliphatic heterocycles. The topological polar surface area (TPSA) is 55.4 Å². The molecule has 0 saturated heterocycles. The van der Waals surface area contributed by atoms with E-state index in [1.807, 2.05) is 13.8 Å². The van der Waals surface area contributed by atoms with Crippen molar-refractivity contribution in [2.24, 2.45) is 23.2 Å². The maximum absolute atomic E-state index is 13.3. The highest BCUT2D eigenvalue weighted by Gasteiger charge is 2.44. The summed E-state index contributed by atoms with van der Waals surface area (Å²) in [6, 6.07) is 10.7. The third-order valence-electron chi connectivity index (χ3n) is 5.86. The van der Waals surface area contributed by atoms with Gasteiger partial charge in [-0.3, -0.25) is 4.79 Å². The van der Waals surface area contributed by atoms with Crippen LogP contribution in [-0.4, -0.2) is 24.5 Å². The smallest absolute Gasteiger partial charge is 0.338 e. The van der Waals surface area contributed by atoms with Crippen molar-refractivity contribution in [1.29, 1.82) is 0 Å². The third-order valence-corrected chi connectivity index (χ3v) is 5.86. The molecule has 2 aromatic carbocycles. The van der Waals surface area contributed by atoms with Crippen LogP contribution in [0.2, 0.25) is 0 Å². The van der Waals surface area contributed by atoms with Crippen molar-refractivity contribution in [2.45, 2.75) is 60.5 Å². The van der Waals surface area contributed by atoms with Crippen LogP contribution < -0.4 is 5.32 Å². The Hall–Kier alpha value is -2.76. The van der Waals surface area contributed by atoms with Crippen molar-refractivity contribution < 1.29 is 23.1 Å². The Morgan fingerprint density at radius 1 is 0.794 bits per heavy atom. The minimum Gasteiger partial charge on any atom is -0.458 e. The fourth-order valence-electron chi connectivity index (χ4n) is 4.88. The van der Waals surface area contributed by atoms with Crippen molar-refractivity contribution >= 4 is 11.9 Å². The SMILES string of the molecule is CC(C)CC(CNC(=O)c1ccc(F)cc1)(CC(C)C)C(OC(=O)c1ccc(F)cc1)C(C)C. The highest BCUT2D eigenvalue weighted by molar-refractivity contribution is 5.94. The lowest BCUT2D eigenvalue weighted by Crippen LogP contribution is -2.51. The first-order valence-corrected chi connectivity index (χ1v) is 11.9. The van der Waals surface area contributed by atoms with Gasteiger partial charge in [0.15, 0.2) is 0 Å². The summed E-state index contributed by atoms with van der Waals surface area (Å²) in [5, 5.41) is 3.02. The molecule has 0 heterocycles. The number of benzene rings is 2. The van der Waals surface area contributed by atoms with Crippen molar-refractivity contribution in [3.8, 4) is 0 Å². The van der Waals surface area contributed by atoms with Crippen LogP contribution in [0.3, 0.4) is 0 Å². The first kappa shape index (κ1) is 27.5. The number of ether oxygens (including phenoxy) is 1. The molecule has 1 N–H and O–H groups in total. The lowest BCUT2D eigenvalue weighted by atomic mass is 9.67. The third kappa shape index (κ3) is 7.64. The molecule has 0 aliphatic rings. The van der Waals surface area contributed by atoms with Gasteiger partial charge >= 0.3 is 5.97 Å². The zero-order valence-corrected chi connectivity index (χ0v) is 21.0. The van der Waals surface area contributed by atoms with Crippen LogP contribution >= 0.6 is 0 Å². The number of hydrogen-bond donors (Lipinski definition) is 1. The number of halogens is 2. The van der Waals surface area contributed by atoms with E-state index < -0.39 is 29.1 Å². The zero-order valence-electron chi connectivity index (χ0n) is 21.0. The Kier molecular flexibility index (Phi) is 9.77. The molecule has 1 amide bonds. The standard InChI is InChI=1S/C28H37F2NO3/c1-18(2)15-28(16-19(3)4,17-31-26(32)21-7-11-23(29)12-8-21)25(20(5)6)34-27(33)22-9-13-24(30)14-10-22/h7-14,18-20,25H,15-17H2,1-6H3,(H,31,32). The summed E-state index contributed by atoms with van der Waals surface area (Å²) in [5.74, 6) is -1.10. The number of esters is 1. The van der Waals surface area contributed by atoms with Gasteiger partial charge in [0.05, 0.1) is 5.56 Å². The number of carbonyl (C=O) groups is 2. The highest BCUT2D eigenvalue weighted by atomic mass is 19.1. The molecule has 0 bridgehead atoms. The molecule has 6 heteroatoms. The number of rotatable bonds is 11. The number of amides is 1. The van der Waals surface area contributed by atoms with Gasteiger partial charge in [0.2, 0.25) is 0 Å². The molecule has 0 spiro atoms. The molecule has 34 heavy (non-hydrogen) atoms. The predicted octanol–water partition coefficient (Wildman–Crippen LogP) is 6.65. The summed E-state index contributed by atoms with van der Waals surface area (Å²) in [7, 11) is 0. The second-order valence-corrected chi connectivity index (χ2v) is 10.3. The average molecular weight is 474 g/mol. The second-order valence-electron chi connectivity index (χ2n) is 10.3. The van der Waals surface area contributed by atoms with E-state index in [1.165, 1.54) is 48.5 Å². The van der Waals surface area contributed by atoms with Crippen molar-refractivity contribution in [3.63, 3.8) is 0 Å². The molecule has 4 nitrogen and oxygen atoms in total. The van der Waals surface area contributed by atoms with Gasteiger partial charge in [-0.05, 0) is 79.1 Å². The molecule has 0 saturated carbocycles. The normalized spacial score (nSPS) is 12.8. The summed E-state index contributed by atoms with van der Waals surface area (Å²) in [6.45, 7) is 12.7. The van der Waals surface area contributed by atoms with Crippen molar-refractivity contribution in [1.82, 2.24) is 5.32 Å². The van der Waals surface area contributed by atoms with Gasteiger partial charge in [-0.1, -0.05) is 41.5 Å². The second kappa shape index (κ2) is 12.1. The van der Waals surface area contributed by atoms with Gasteiger partial charge in [0.1, 0.15) is 17.7 Å². The van der Waals surface area contributed by atoms with Crippen LogP contribution in [0.4, 0.5) is 8.78 Å². The molecular formula is C28H37F2NO3. The number of carbonyl (C=O) groups excluding carboxylic acids is 2. The molecular weight excluding hydrogens is 436 g/mol. The van der Waals surface area contributed by atoms with Crippen LogP contribution in [0.1, 0.15) is 75.1 Å². The summed E-state index contributed by atoms with van der Waals surface area (Å²) in [5.41, 5.74) is 0.126. The fourth-order valence-corrected chi connectivity index (χ4v) is 4.88. The van der Waals surface area contributed by atoms with Gasteiger partial charge in [-0.15, -0.1) is 0 Å². The molecule has 1 unspecified atom stereocenters. The van der Waals surface area contributed by atoms with Crippen LogP contribution in [-0.2, 0) is 4.74 Å². The van der Waals surface area contributed by atoms with Crippen LogP contribution in [0.5, 0.6) is 0 Å². The maximum Gasteiger partial charge on any atom is 0.338 e. The molecule has 0 aromatic heterocycles. The largest absolute Gasteiger partial charge is 0.458 e. The monoisotopic (exact) mass is 473 g/mol. The van der Waals surface area contributed by atoms with E-state index in [0.717, 1.165) is 12.8 Å². The minimum absolute atomic E-state index is 0.0235. The van der Waals surface area contributed by atoms with E-state index in [0.29, 0.717) is 12.1 Å². The lowest BCUT2D eigenvalue weighted by Gasteiger charge is -2.44. The molecule has 0 radical (unpaired) electrons. The van der Waals surface area contributed by atoms with E-state index in [-0.39, 0.29) is 29.2 Å². The highest BCUT2D eigenvalue weighted by Crippen LogP contribution is 2.41. The Balaban J connectivity index is 2.38. The van der Waals surface area contributed by atoms with Crippen LogP contribution in [0.15, 0.2) is 48.5 Å². The lowest BCUT2D eigenvalue weighted by molar-refractivity contribution is -0.0567. The summed E-state index contributed by atoms with van der Waals surface area (Å²) >= 11 is 0. The Morgan fingerprint density at radius 2 is 1.24 bits per heavy atom. The van der Waals surface area contributed by atoms with Gasteiger partial charge < -0.3 is 10.1 Å². The fraction of sp³-hybridized carbons (Fsp3) is 0.500. The van der Waals surface area contributed by atoms with Gasteiger partial charge in [0.25, 0.3) is 5.91 Å². The van der Waals surface area contributed by atoms with Crippen molar-refractivity contribution in [2.75, 3.05) is 6.54 Å². The van der Waals surface area contributed by atoms with Gasteiger partial charge in [-0.2, -0.15) is 0 Å². The quantitative estimate of drug-likeness (QED) is 0.372. The average Bonchev–Trinajstić information content (AvgIpc) is 2.75. The Morgan fingerprint density at radius 3 is 1.65 bits per heavy atom. The predicted molar refractivity (Wildman–Crippen MR) is 131 cm³/mol. The molecule has 2 aromatic rings. The summed E-state index contributed by atoms with van der Waals surface area (Å²) in [4.78, 5) is 25.9.